The van der Waals surface area contributed by atoms with Crippen molar-refractivity contribution in [2.75, 3.05) is 0 Å². The molecule has 0 aromatic heterocycles. The Kier molecular flexibility index (Phi) is 7.11. The van der Waals surface area contributed by atoms with E-state index in [1.165, 1.54) is 0 Å². The molecule has 0 aliphatic heterocycles. The number of carbonyl (C=O) groups excluding carboxylic acids is 1. The summed E-state index contributed by atoms with van der Waals surface area (Å²) in [4.78, 5) is 13.8. The summed E-state index contributed by atoms with van der Waals surface area (Å²) >= 11 is 0. The molecular formula is C15H26LiNO2. The maximum Gasteiger partial charge on any atom is 1.00 e. The van der Waals surface area contributed by atoms with E-state index in [-0.39, 0.29) is 42.5 Å². The van der Waals surface area contributed by atoms with Crippen LogP contribution in [0.3, 0.4) is 0 Å². The number of hydrogen-bond acceptors (Lipinski definition) is 2. The first-order valence-electron chi connectivity index (χ1n) is 6.78. The molecule has 0 saturated carbocycles. The van der Waals surface area contributed by atoms with Crippen molar-refractivity contribution < 1.29 is 28.4 Å². The fraction of sp³-hybridized carbons (Fsp3) is 0.733. The number of nitrogens with zero attached hydrogens (tertiary/aromatic N) is 1. The van der Waals surface area contributed by atoms with E-state index in [1.807, 2.05) is 27.7 Å². The Bertz CT molecular complexity index is 327. The zero-order chi connectivity index (χ0) is 13.9. The molecule has 1 amide bonds. The Morgan fingerprint density at radius 3 is 2.21 bits per heavy atom. The van der Waals surface area contributed by atoms with Gasteiger partial charge in [0.15, 0.2) is 0 Å². The molecule has 3 nitrogen and oxygen atoms in total. The molecular weight excluding hydrogens is 233 g/mol. The minimum Gasteiger partial charge on any atom is -0.511 e. The van der Waals surface area contributed by atoms with E-state index in [1.54, 1.807) is 11.5 Å². The summed E-state index contributed by atoms with van der Waals surface area (Å²) in [6.45, 7) is 14.0. The first-order chi connectivity index (χ1) is 8.25. The summed E-state index contributed by atoms with van der Waals surface area (Å²) in [5, 5.41) is 0. The fourth-order valence-electron chi connectivity index (χ4n) is 2.41. The molecule has 0 saturated heterocycles. The van der Waals surface area contributed by atoms with Crippen molar-refractivity contribution in [3.8, 4) is 0 Å². The molecule has 1 rings (SSSR count). The molecule has 0 aromatic carbocycles. The summed E-state index contributed by atoms with van der Waals surface area (Å²) in [6.07, 6.45) is 4.08. The van der Waals surface area contributed by atoms with E-state index in [0.29, 0.717) is 0 Å². The van der Waals surface area contributed by atoms with Gasteiger partial charge in [0.2, 0.25) is 0 Å². The van der Waals surface area contributed by atoms with Crippen molar-refractivity contribution in [1.29, 1.82) is 0 Å². The summed E-state index contributed by atoms with van der Waals surface area (Å²) in [5.74, 6) is 0. The third kappa shape index (κ3) is 4.82. The van der Waals surface area contributed by atoms with Crippen LogP contribution in [0.1, 0.15) is 54.4 Å². The summed E-state index contributed by atoms with van der Waals surface area (Å²) < 4.78 is 5.34. The number of amides is 1. The van der Waals surface area contributed by atoms with Crippen LogP contribution in [0.2, 0.25) is 0 Å². The maximum atomic E-state index is 12.0. The van der Waals surface area contributed by atoms with Crippen LogP contribution in [0.5, 0.6) is 0 Å². The Hall–Kier alpha value is -0.523. The second-order valence-electron chi connectivity index (χ2n) is 6.18. The number of rotatable bonds is 4. The van der Waals surface area contributed by atoms with E-state index in [0.717, 1.165) is 18.4 Å². The first kappa shape index (κ1) is 18.5. The smallest absolute Gasteiger partial charge is 0.511 e. The fourth-order valence-corrected chi connectivity index (χ4v) is 2.41. The van der Waals surface area contributed by atoms with Gasteiger partial charge in [-0.2, -0.15) is 5.57 Å². The van der Waals surface area contributed by atoms with Crippen LogP contribution in [0.15, 0.2) is 11.6 Å². The van der Waals surface area contributed by atoms with Crippen LogP contribution in [0.4, 0.5) is 4.79 Å². The van der Waals surface area contributed by atoms with E-state index in [4.69, 9.17) is 4.74 Å². The third-order valence-electron chi connectivity index (χ3n) is 3.53. The molecule has 0 fully saturated rings. The standard InChI is InChI=1S/C15H26NO2.Li/c1-11(2)16(12(3)4)14(17)18-10-13-8-7-9-15(13,5)6;/h8,10-12H,7,9H2,1-6H3;/q-1;+1. The van der Waals surface area contributed by atoms with Gasteiger partial charge in [0.25, 0.3) is 0 Å². The quantitative estimate of drug-likeness (QED) is 0.560. The molecule has 0 N–H and O–H groups in total. The Balaban J connectivity index is 0.00000324. The van der Waals surface area contributed by atoms with Gasteiger partial charge in [-0.15, -0.1) is 6.42 Å². The summed E-state index contributed by atoms with van der Waals surface area (Å²) in [6, 6.07) is 0.299. The Morgan fingerprint density at radius 2 is 1.84 bits per heavy atom. The molecule has 0 spiro atoms. The molecule has 0 aromatic rings. The Labute approximate surface area is 129 Å². The van der Waals surface area contributed by atoms with Crippen molar-refractivity contribution in [3.05, 3.63) is 18.3 Å². The van der Waals surface area contributed by atoms with Crippen LogP contribution in [-0.4, -0.2) is 23.1 Å². The topological polar surface area (TPSA) is 29.5 Å². The van der Waals surface area contributed by atoms with Gasteiger partial charge < -0.3 is 9.64 Å². The molecule has 0 heterocycles. The van der Waals surface area contributed by atoms with Crippen molar-refractivity contribution in [1.82, 2.24) is 4.90 Å². The van der Waals surface area contributed by atoms with Gasteiger partial charge in [-0.25, -0.2) is 10.9 Å². The van der Waals surface area contributed by atoms with E-state index < -0.39 is 0 Å². The monoisotopic (exact) mass is 259 g/mol. The van der Waals surface area contributed by atoms with Gasteiger partial charge >= 0.3 is 25.0 Å². The number of allylic oxidation sites excluding steroid dienone is 1. The van der Waals surface area contributed by atoms with Gasteiger partial charge in [0.05, 0.1) is 0 Å². The number of carbonyl (C=O) groups is 1. The van der Waals surface area contributed by atoms with Crippen LogP contribution in [0.25, 0.3) is 0 Å². The predicted octanol–water partition coefficient (Wildman–Crippen LogP) is 1.15. The molecule has 4 heteroatoms. The molecule has 0 unspecified atom stereocenters. The maximum absolute atomic E-state index is 12.0. The summed E-state index contributed by atoms with van der Waals surface area (Å²) in [5.41, 5.74) is 1.25. The number of ether oxygens (including phenoxy) is 1. The average molecular weight is 259 g/mol. The van der Waals surface area contributed by atoms with Gasteiger partial charge in [-0.1, -0.05) is 26.9 Å². The normalized spacial score (nSPS) is 16.9. The van der Waals surface area contributed by atoms with E-state index in [2.05, 4.69) is 19.9 Å². The molecule has 0 bridgehead atoms. The molecule has 19 heavy (non-hydrogen) atoms. The average Bonchev–Trinajstić information content (AvgIpc) is 2.53. The van der Waals surface area contributed by atoms with Gasteiger partial charge in [-0.05, 0) is 33.1 Å². The van der Waals surface area contributed by atoms with Crippen LogP contribution in [0, 0.1) is 12.0 Å². The zero-order valence-electron chi connectivity index (χ0n) is 13.5. The van der Waals surface area contributed by atoms with Crippen LogP contribution < -0.4 is 18.9 Å². The van der Waals surface area contributed by atoms with Crippen LogP contribution in [-0.2, 0) is 4.74 Å². The van der Waals surface area contributed by atoms with E-state index >= 15 is 0 Å². The number of hydrogen-bond donors (Lipinski definition) is 0. The van der Waals surface area contributed by atoms with Crippen molar-refractivity contribution in [2.45, 2.75) is 66.5 Å². The van der Waals surface area contributed by atoms with Gasteiger partial charge in [-0.3, -0.25) is 0 Å². The zero-order valence-corrected chi connectivity index (χ0v) is 13.5. The van der Waals surface area contributed by atoms with Crippen molar-refractivity contribution >= 4 is 6.09 Å². The second kappa shape index (κ2) is 7.31. The minimum atomic E-state index is -0.261. The molecule has 1 aliphatic rings. The predicted molar refractivity (Wildman–Crippen MR) is 74.0 cm³/mol. The molecule has 104 valence electrons. The van der Waals surface area contributed by atoms with Gasteiger partial charge in [0, 0.05) is 12.1 Å². The first-order valence-corrected chi connectivity index (χ1v) is 6.78. The Morgan fingerprint density at radius 1 is 1.32 bits per heavy atom. The summed E-state index contributed by atoms with van der Waals surface area (Å²) in [7, 11) is 0. The van der Waals surface area contributed by atoms with Crippen LogP contribution >= 0.6 is 0 Å². The van der Waals surface area contributed by atoms with Gasteiger partial charge in [0.1, 0.15) is 0 Å². The van der Waals surface area contributed by atoms with Crippen molar-refractivity contribution in [3.63, 3.8) is 0 Å². The van der Waals surface area contributed by atoms with Crippen molar-refractivity contribution in [2.24, 2.45) is 5.41 Å². The van der Waals surface area contributed by atoms with E-state index in [9.17, 15) is 4.79 Å². The second-order valence-corrected chi connectivity index (χ2v) is 6.18. The third-order valence-corrected chi connectivity index (χ3v) is 3.53. The largest absolute Gasteiger partial charge is 1.00 e. The molecule has 0 atom stereocenters. The molecule has 0 radical (unpaired) electrons. The minimum absolute atomic E-state index is 0. The SMILES string of the molecule is CC(C)N(C(=O)O[CH-]C1=CCCC1(C)C)C(C)C.[Li+]. The molecule has 1 aliphatic carbocycles.